The first-order valence-electron chi connectivity index (χ1n) is 7.83. The molecule has 7 heteroatoms. The van der Waals surface area contributed by atoms with Gasteiger partial charge in [-0.2, -0.15) is 0 Å². The quantitative estimate of drug-likeness (QED) is 0.709. The van der Waals surface area contributed by atoms with Gasteiger partial charge in [0.05, 0.1) is 11.4 Å². The molecule has 134 valence electrons. The smallest absolute Gasteiger partial charge is 0.267 e. The van der Waals surface area contributed by atoms with E-state index in [1.54, 1.807) is 44.4 Å². The van der Waals surface area contributed by atoms with Crippen molar-refractivity contribution in [2.45, 2.75) is 6.42 Å². The Morgan fingerprint density at radius 1 is 1.15 bits per heavy atom. The van der Waals surface area contributed by atoms with Crippen molar-refractivity contribution >= 4 is 50.5 Å². The molecule has 0 fully saturated rings. The number of hydrogen-bond donors (Lipinski definition) is 1. The van der Waals surface area contributed by atoms with Crippen LogP contribution in [-0.4, -0.2) is 30.8 Å². The Morgan fingerprint density at radius 2 is 1.85 bits per heavy atom. The molecule has 4 nitrogen and oxygen atoms in total. The van der Waals surface area contributed by atoms with Gasteiger partial charge < -0.3 is 10.2 Å². The third-order valence-corrected chi connectivity index (χ3v) is 5.52. The minimum Gasteiger partial charge on any atom is -0.349 e. The van der Waals surface area contributed by atoms with Gasteiger partial charge in [0.1, 0.15) is 10.7 Å². The summed E-state index contributed by atoms with van der Waals surface area (Å²) < 4.78 is 14.0. The van der Waals surface area contributed by atoms with Crippen LogP contribution in [0.5, 0.6) is 0 Å². The third kappa shape index (κ3) is 3.86. The fraction of sp³-hybridized carbons (Fsp3) is 0.158. The molecule has 0 atom stereocenters. The van der Waals surface area contributed by atoms with Crippen LogP contribution >= 0.6 is 22.9 Å². The Bertz CT molecular complexity index is 983. The maximum Gasteiger partial charge on any atom is 0.267 e. The highest BCUT2D eigenvalue weighted by atomic mass is 35.5. The van der Waals surface area contributed by atoms with E-state index in [1.165, 1.54) is 17.0 Å². The second-order valence-corrected chi connectivity index (χ2v) is 7.43. The largest absolute Gasteiger partial charge is 0.349 e. The monoisotopic (exact) mass is 390 g/mol. The zero-order chi connectivity index (χ0) is 18.8. The van der Waals surface area contributed by atoms with Gasteiger partial charge in [0.15, 0.2) is 0 Å². The standard InChI is InChI=1S/C19H16ClFN2O2S/c1-23(2)16(24)9-11-3-6-13(7-4-11)22-19(25)18-17(20)14-8-5-12(21)10-15(14)26-18/h3-8,10H,9H2,1-2H3,(H,22,25). The van der Waals surface area contributed by atoms with E-state index in [4.69, 9.17) is 11.6 Å². The molecule has 0 aliphatic rings. The fourth-order valence-corrected chi connectivity index (χ4v) is 3.85. The van der Waals surface area contributed by atoms with Crippen LogP contribution in [0, 0.1) is 5.82 Å². The highest BCUT2D eigenvalue weighted by Gasteiger charge is 2.17. The van der Waals surface area contributed by atoms with Crippen molar-refractivity contribution in [1.29, 1.82) is 0 Å². The summed E-state index contributed by atoms with van der Waals surface area (Å²) in [7, 11) is 3.41. The predicted octanol–water partition coefficient (Wildman–Crippen LogP) is 4.58. The number of hydrogen-bond acceptors (Lipinski definition) is 3. The number of nitrogens with zero attached hydrogens (tertiary/aromatic N) is 1. The molecule has 2 amide bonds. The SMILES string of the molecule is CN(C)C(=O)Cc1ccc(NC(=O)c2sc3cc(F)ccc3c2Cl)cc1. The number of thiophene rings is 1. The van der Waals surface area contributed by atoms with E-state index in [1.807, 2.05) is 0 Å². The van der Waals surface area contributed by atoms with Crippen LogP contribution in [0.4, 0.5) is 10.1 Å². The van der Waals surface area contributed by atoms with E-state index >= 15 is 0 Å². The normalized spacial score (nSPS) is 10.8. The zero-order valence-corrected chi connectivity index (χ0v) is 15.7. The number of halogens is 2. The van der Waals surface area contributed by atoms with Gasteiger partial charge in [-0.1, -0.05) is 23.7 Å². The lowest BCUT2D eigenvalue weighted by Gasteiger charge is -2.10. The molecule has 26 heavy (non-hydrogen) atoms. The first-order valence-corrected chi connectivity index (χ1v) is 9.02. The maximum atomic E-state index is 13.3. The molecule has 0 spiro atoms. The van der Waals surface area contributed by atoms with Crippen molar-refractivity contribution in [1.82, 2.24) is 4.90 Å². The van der Waals surface area contributed by atoms with Crippen LogP contribution in [0.2, 0.25) is 5.02 Å². The van der Waals surface area contributed by atoms with Gasteiger partial charge in [0.25, 0.3) is 5.91 Å². The second-order valence-electron chi connectivity index (χ2n) is 6.00. The van der Waals surface area contributed by atoms with Crippen LogP contribution in [-0.2, 0) is 11.2 Å². The molecule has 1 heterocycles. The minimum absolute atomic E-state index is 0.00563. The molecule has 0 saturated heterocycles. The van der Waals surface area contributed by atoms with Crippen LogP contribution in [0.25, 0.3) is 10.1 Å². The third-order valence-electron chi connectivity index (χ3n) is 3.86. The number of fused-ring (bicyclic) bond motifs is 1. The van der Waals surface area contributed by atoms with Gasteiger partial charge in [-0.25, -0.2) is 4.39 Å². The lowest BCUT2D eigenvalue weighted by Crippen LogP contribution is -2.23. The second kappa shape index (κ2) is 7.43. The highest BCUT2D eigenvalue weighted by molar-refractivity contribution is 7.21. The topological polar surface area (TPSA) is 49.4 Å². The summed E-state index contributed by atoms with van der Waals surface area (Å²) in [5, 5.41) is 3.74. The van der Waals surface area contributed by atoms with Crippen LogP contribution in [0.3, 0.4) is 0 Å². The molecule has 0 aliphatic heterocycles. The van der Waals surface area contributed by atoms with Gasteiger partial charge in [-0.05, 0) is 35.9 Å². The molecule has 0 saturated carbocycles. The summed E-state index contributed by atoms with van der Waals surface area (Å²) in [6.07, 6.45) is 0.301. The Hall–Kier alpha value is -2.44. The Labute approximate surface area is 159 Å². The Kier molecular flexibility index (Phi) is 5.25. The average Bonchev–Trinajstić information content (AvgIpc) is 2.92. The van der Waals surface area contributed by atoms with Gasteiger partial charge >= 0.3 is 0 Å². The molecular formula is C19H16ClFN2O2S. The summed E-state index contributed by atoms with van der Waals surface area (Å²) >= 11 is 7.41. The van der Waals surface area contributed by atoms with Crippen molar-refractivity contribution in [3.05, 3.63) is 63.7 Å². The molecule has 3 aromatic rings. The van der Waals surface area contributed by atoms with E-state index in [2.05, 4.69) is 5.32 Å². The summed E-state index contributed by atoms with van der Waals surface area (Å²) in [5.41, 5.74) is 1.45. The lowest BCUT2D eigenvalue weighted by molar-refractivity contribution is -0.127. The molecule has 2 aromatic carbocycles. The van der Waals surface area contributed by atoms with Gasteiger partial charge in [-0.15, -0.1) is 11.3 Å². The lowest BCUT2D eigenvalue weighted by atomic mass is 10.1. The molecule has 1 aromatic heterocycles. The van der Waals surface area contributed by atoms with Crippen molar-refractivity contribution in [2.75, 3.05) is 19.4 Å². The summed E-state index contributed by atoms with van der Waals surface area (Å²) in [6.45, 7) is 0. The summed E-state index contributed by atoms with van der Waals surface area (Å²) in [4.78, 5) is 26.1. The van der Waals surface area contributed by atoms with Crippen molar-refractivity contribution in [2.24, 2.45) is 0 Å². The van der Waals surface area contributed by atoms with Gasteiger partial charge in [-0.3, -0.25) is 9.59 Å². The van der Waals surface area contributed by atoms with Crippen molar-refractivity contribution in [3.63, 3.8) is 0 Å². The summed E-state index contributed by atoms with van der Waals surface area (Å²) in [6, 6.07) is 11.3. The number of carbonyl (C=O) groups is 2. The number of nitrogens with one attached hydrogen (secondary N) is 1. The van der Waals surface area contributed by atoms with Crippen LogP contribution < -0.4 is 5.32 Å². The van der Waals surface area contributed by atoms with E-state index in [0.29, 0.717) is 32.1 Å². The fourth-order valence-electron chi connectivity index (χ4n) is 2.41. The first kappa shape index (κ1) is 18.4. The molecule has 0 radical (unpaired) electrons. The van der Waals surface area contributed by atoms with Crippen LogP contribution in [0.1, 0.15) is 15.2 Å². The van der Waals surface area contributed by atoms with E-state index in [-0.39, 0.29) is 17.6 Å². The van der Waals surface area contributed by atoms with E-state index in [0.717, 1.165) is 16.9 Å². The molecule has 3 rings (SSSR count). The number of benzene rings is 2. The number of rotatable bonds is 4. The van der Waals surface area contributed by atoms with E-state index < -0.39 is 0 Å². The number of carbonyl (C=O) groups excluding carboxylic acids is 2. The average molecular weight is 391 g/mol. The van der Waals surface area contributed by atoms with E-state index in [9.17, 15) is 14.0 Å². The zero-order valence-electron chi connectivity index (χ0n) is 14.2. The maximum absolute atomic E-state index is 13.3. The van der Waals surface area contributed by atoms with Gasteiger partial charge in [0.2, 0.25) is 5.91 Å². The Morgan fingerprint density at radius 3 is 2.50 bits per heavy atom. The van der Waals surface area contributed by atoms with Crippen molar-refractivity contribution in [3.8, 4) is 0 Å². The predicted molar refractivity (Wildman–Crippen MR) is 104 cm³/mol. The van der Waals surface area contributed by atoms with Gasteiger partial charge in [0, 0.05) is 29.9 Å². The molecule has 0 bridgehead atoms. The number of anilines is 1. The van der Waals surface area contributed by atoms with Crippen molar-refractivity contribution < 1.29 is 14.0 Å². The number of amides is 2. The number of likely N-dealkylation sites (N-methyl/N-ethyl adjacent to an activating group) is 1. The minimum atomic E-state index is -0.370. The molecular weight excluding hydrogens is 375 g/mol. The molecule has 0 unspecified atom stereocenters. The highest BCUT2D eigenvalue weighted by Crippen LogP contribution is 2.36. The molecule has 1 N–H and O–H groups in total. The Balaban J connectivity index is 1.76. The first-order chi connectivity index (χ1) is 12.3. The molecule has 0 aliphatic carbocycles. The van der Waals surface area contributed by atoms with Crippen LogP contribution in [0.15, 0.2) is 42.5 Å². The summed E-state index contributed by atoms with van der Waals surface area (Å²) in [5.74, 6) is -0.718.